The van der Waals surface area contributed by atoms with E-state index >= 15 is 0 Å². The maximum absolute atomic E-state index is 10.1. The molecule has 1 rings (SSSR count). The second-order valence-corrected chi connectivity index (χ2v) is 1.25. The summed E-state index contributed by atoms with van der Waals surface area (Å²) in [7, 11) is 0. The molecule has 0 radical (unpaired) electrons. The van der Waals surface area contributed by atoms with Crippen molar-refractivity contribution in [3.63, 3.8) is 0 Å². The largest absolute Gasteiger partial charge is 0.374 e. The summed E-state index contributed by atoms with van der Waals surface area (Å²) in [6.07, 6.45) is 2.04. The number of hydrogen-bond donors (Lipinski definition) is 1. The molecule has 38 valence electrons. The van der Waals surface area contributed by atoms with Crippen LogP contribution in [0.15, 0.2) is 4.79 Å². The van der Waals surface area contributed by atoms with Gasteiger partial charge in [0.25, 0.3) is 0 Å². The number of nitrogens with zero attached hydrogens (tertiary/aromatic N) is 2. The van der Waals surface area contributed by atoms with Crippen molar-refractivity contribution < 1.29 is 0 Å². The maximum atomic E-state index is 10.1. The summed E-state index contributed by atoms with van der Waals surface area (Å²) >= 11 is 5.08. The van der Waals surface area contributed by atoms with Crippen LogP contribution in [0.1, 0.15) is 0 Å². The van der Waals surface area contributed by atoms with Crippen molar-refractivity contribution >= 4 is 11.8 Å². The molecule has 0 aliphatic rings. The predicted octanol–water partition coefficient (Wildman–Crippen LogP) is -0.627. The van der Waals surface area contributed by atoms with Gasteiger partial charge in [-0.3, -0.25) is 6.20 Å². The summed E-state index contributed by atoms with van der Waals surface area (Å²) in [5, 5.41) is 5.32. The lowest BCUT2D eigenvalue weighted by molar-refractivity contribution is 0.864. The van der Waals surface area contributed by atoms with Gasteiger partial charge in [-0.05, 0) is 0 Å². The molecule has 5 heteroatoms. The van der Waals surface area contributed by atoms with E-state index in [0.29, 0.717) is 4.20 Å². The molecule has 0 aliphatic heterocycles. The zero-order chi connectivity index (χ0) is 5.28. The van der Waals surface area contributed by atoms with Gasteiger partial charge in [0.15, 0.2) is 0 Å². The molecule has 0 bridgehead atoms. The molecule has 1 aromatic heterocycles. The van der Waals surface area contributed by atoms with E-state index in [9.17, 15) is 4.79 Å². The Kier molecular flexibility index (Phi) is 0.867. The van der Waals surface area contributed by atoms with Gasteiger partial charge in [0.1, 0.15) is 5.56 Å². The Hall–Kier alpha value is -0.770. The number of H-pyrrole nitrogens is 1. The van der Waals surface area contributed by atoms with Crippen LogP contribution in [0.5, 0.6) is 0 Å². The number of rotatable bonds is 0. The van der Waals surface area contributed by atoms with Crippen LogP contribution in [-0.4, -0.2) is 14.5 Å². The van der Waals surface area contributed by atoms with E-state index in [2.05, 4.69) is 10.3 Å². The second-order valence-electron chi connectivity index (χ2n) is 0.910. The van der Waals surface area contributed by atoms with E-state index in [0.717, 1.165) is 0 Å². The Morgan fingerprint density at radius 2 is 2.71 bits per heavy atom. The van der Waals surface area contributed by atoms with Gasteiger partial charge in [-0.2, -0.15) is 4.20 Å². The molecule has 1 aromatic rings. The third-order valence-electron chi connectivity index (χ3n) is 0.468. The van der Waals surface area contributed by atoms with E-state index in [-0.39, 0.29) is 0 Å². The molecule has 0 unspecified atom stereocenters. The lowest BCUT2D eigenvalue weighted by Crippen LogP contribution is -2.04. The number of aromatic nitrogens is 3. The van der Waals surface area contributed by atoms with Crippen LogP contribution in [0.3, 0.4) is 0 Å². The van der Waals surface area contributed by atoms with Crippen molar-refractivity contribution in [1.82, 2.24) is 14.5 Å². The quantitative estimate of drug-likeness (QED) is 0.462. The molecule has 0 spiro atoms. The van der Waals surface area contributed by atoms with E-state index in [1.165, 1.54) is 0 Å². The molecule has 4 nitrogen and oxygen atoms in total. The second kappa shape index (κ2) is 1.38. The highest BCUT2D eigenvalue weighted by atomic mass is 35.5. The normalized spacial score (nSPS) is 9.29. The average Bonchev–Trinajstić information content (AvgIpc) is 1.91. The summed E-state index contributed by atoms with van der Waals surface area (Å²) in [5.41, 5.74) is -0.471. The summed E-state index contributed by atoms with van der Waals surface area (Å²) in [4.78, 5) is 10.1. The summed E-state index contributed by atoms with van der Waals surface area (Å²) in [6, 6.07) is 0. The number of nitrogens with one attached hydrogen (secondary N) is 1. The van der Waals surface area contributed by atoms with E-state index in [1.807, 2.05) is 6.20 Å². The van der Waals surface area contributed by atoms with E-state index < -0.39 is 5.56 Å². The molecule has 0 amide bonds. The molecule has 1 heterocycles. The number of halogens is 1. The Morgan fingerprint density at radius 3 is 2.86 bits per heavy atom. The molecule has 0 aliphatic carbocycles. The molecule has 0 saturated carbocycles. The predicted molar refractivity (Wildman–Crippen MR) is 22.9 cm³/mol. The van der Waals surface area contributed by atoms with E-state index in [1.54, 1.807) is 0 Å². The maximum Gasteiger partial charge on any atom is 0.124 e. The molecule has 0 fully saturated rings. The fourth-order valence-electron chi connectivity index (χ4n) is 0.206. The molecular formula is C2HClN3O-. The van der Waals surface area contributed by atoms with Gasteiger partial charge in [0, 0.05) is 11.8 Å². The Balaban J connectivity index is 3.39. The van der Waals surface area contributed by atoms with E-state index in [4.69, 9.17) is 11.8 Å². The average molecular weight is 119 g/mol. The van der Waals surface area contributed by atoms with Crippen LogP contribution in [0.25, 0.3) is 0 Å². The first-order valence-corrected chi connectivity index (χ1v) is 1.86. The molecular weight excluding hydrogens is 117 g/mol. The first-order valence-electron chi connectivity index (χ1n) is 1.52. The fraction of sp³-hybridized carbons (Fsp3) is 0. The lowest BCUT2D eigenvalue weighted by Gasteiger charge is -1.78. The first kappa shape index (κ1) is 4.39. The summed E-state index contributed by atoms with van der Waals surface area (Å²) in [6.45, 7) is 0. The van der Waals surface area contributed by atoms with Gasteiger partial charge in [-0.1, -0.05) is 0 Å². The Morgan fingerprint density at radius 1 is 2.00 bits per heavy atom. The van der Waals surface area contributed by atoms with Crippen LogP contribution in [0.4, 0.5) is 0 Å². The minimum Gasteiger partial charge on any atom is -0.374 e. The summed E-state index contributed by atoms with van der Waals surface area (Å²) < 4.78 is 0.708. The fourth-order valence-corrected chi connectivity index (χ4v) is 0.282. The van der Waals surface area contributed by atoms with Crippen LogP contribution in [-0.2, 0) is 0 Å². The Bertz CT molecular complexity index is 201. The minimum absolute atomic E-state index is 0.471. The van der Waals surface area contributed by atoms with Crippen LogP contribution in [0.2, 0.25) is 0 Å². The van der Waals surface area contributed by atoms with Gasteiger partial charge < -0.3 is 9.89 Å². The van der Waals surface area contributed by atoms with Gasteiger partial charge in [0.2, 0.25) is 0 Å². The smallest absolute Gasteiger partial charge is 0.124 e. The van der Waals surface area contributed by atoms with Crippen molar-refractivity contribution in [2.75, 3.05) is 0 Å². The molecule has 0 aromatic carbocycles. The molecule has 1 N–H and O–H groups in total. The zero-order valence-electron chi connectivity index (χ0n) is 3.18. The Labute approximate surface area is 43.8 Å². The highest BCUT2D eigenvalue weighted by Gasteiger charge is 1.72. The third-order valence-corrected chi connectivity index (χ3v) is 0.697. The van der Waals surface area contributed by atoms with Crippen molar-refractivity contribution in [3.05, 3.63) is 16.6 Å². The number of hydrogen-bond acceptors (Lipinski definition) is 2. The lowest BCUT2D eigenvalue weighted by atomic mass is 10.9. The summed E-state index contributed by atoms with van der Waals surface area (Å²) in [5.74, 6) is 0. The highest BCUT2D eigenvalue weighted by Crippen LogP contribution is 1.67. The van der Waals surface area contributed by atoms with Crippen molar-refractivity contribution in [2.24, 2.45) is 0 Å². The zero-order valence-corrected chi connectivity index (χ0v) is 3.94. The van der Waals surface area contributed by atoms with Crippen LogP contribution < -0.4 is 5.56 Å². The highest BCUT2D eigenvalue weighted by molar-refractivity contribution is 6.14. The minimum atomic E-state index is -0.471. The topological polar surface area (TPSA) is 50.7 Å². The first-order chi connectivity index (χ1) is 3.30. The van der Waals surface area contributed by atoms with Gasteiger partial charge in [0.05, 0.1) is 0 Å². The van der Waals surface area contributed by atoms with Gasteiger partial charge in [-0.25, -0.2) is 5.21 Å². The third kappa shape index (κ3) is 0.640. The molecule has 0 saturated heterocycles. The monoisotopic (exact) mass is 118 g/mol. The van der Waals surface area contributed by atoms with Crippen LogP contribution >= 0.6 is 11.8 Å². The molecule has 0 atom stereocenters. The number of aromatic amines is 1. The van der Waals surface area contributed by atoms with Crippen molar-refractivity contribution in [2.45, 2.75) is 0 Å². The van der Waals surface area contributed by atoms with Gasteiger partial charge >= 0.3 is 0 Å². The SMILES string of the molecule is O=c1[c-]n[nH]n1Cl. The van der Waals surface area contributed by atoms with Crippen molar-refractivity contribution in [3.8, 4) is 0 Å². The van der Waals surface area contributed by atoms with Crippen LogP contribution in [0, 0.1) is 6.20 Å². The standard InChI is InChI=1S/C2HClN3O/c3-6-2(7)1-4-5-6/h5H/q-1. The molecule has 7 heavy (non-hydrogen) atoms. The van der Waals surface area contributed by atoms with Crippen molar-refractivity contribution in [1.29, 1.82) is 0 Å². The van der Waals surface area contributed by atoms with Gasteiger partial charge in [-0.15, -0.1) is 0 Å².